The lowest BCUT2D eigenvalue weighted by atomic mass is 10.0. The Morgan fingerprint density at radius 3 is 2.25 bits per heavy atom. The first-order valence-corrected chi connectivity index (χ1v) is 6.60. The van der Waals surface area contributed by atoms with E-state index < -0.39 is 0 Å². The molecule has 3 heteroatoms. The number of hydrogen-bond donors (Lipinski definition) is 2. The first kappa shape index (κ1) is 13.9. The van der Waals surface area contributed by atoms with Crippen LogP contribution in [0.4, 0.5) is 0 Å². The largest absolute Gasteiger partial charge is 0.390 e. The van der Waals surface area contributed by atoms with Gasteiger partial charge in [0.1, 0.15) is 0 Å². The Labute approximate surface area is 100 Å². The highest BCUT2D eigenvalue weighted by molar-refractivity contribution is 4.80. The lowest BCUT2D eigenvalue weighted by Crippen LogP contribution is -2.38. The van der Waals surface area contributed by atoms with Crippen LogP contribution in [0.2, 0.25) is 0 Å². The molecule has 2 N–H and O–H groups in total. The SMILES string of the molecule is CC(C)CNCC(O)CN1CC(C)C(C)C1. The maximum Gasteiger partial charge on any atom is 0.0791 e. The molecule has 1 aliphatic heterocycles. The second-order valence-electron chi connectivity index (χ2n) is 5.88. The fourth-order valence-corrected chi connectivity index (χ4v) is 2.30. The van der Waals surface area contributed by atoms with E-state index in [1.54, 1.807) is 0 Å². The zero-order valence-corrected chi connectivity index (χ0v) is 11.2. The summed E-state index contributed by atoms with van der Waals surface area (Å²) in [7, 11) is 0. The van der Waals surface area contributed by atoms with Crippen molar-refractivity contribution < 1.29 is 5.11 Å². The van der Waals surface area contributed by atoms with Crippen LogP contribution in [-0.4, -0.2) is 48.8 Å². The second kappa shape index (κ2) is 6.58. The molecule has 0 bridgehead atoms. The lowest BCUT2D eigenvalue weighted by Gasteiger charge is -2.20. The molecule has 0 aromatic rings. The molecular formula is C13H28N2O. The molecule has 0 aromatic carbocycles. The van der Waals surface area contributed by atoms with E-state index in [-0.39, 0.29) is 6.10 Å². The summed E-state index contributed by atoms with van der Waals surface area (Å²) in [6, 6.07) is 0. The van der Waals surface area contributed by atoms with E-state index in [0.29, 0.717) is 5.92 Å². The third kappa shape index (κ3) is 4.81. The summed E-state index contributed by atoms with van der Waals surface area (Å²) in [5, 5.41) is 13.2. The predicted molar refractivity (Wildman–Crippen MR) is 68.5 cm³/mol. The third-order valence-corrected chi connectivity index (χ3v) is 3.47. The standard InChI is InChI=1S/C13H28N2O/c1-10(2)5-14-6-13(16)9-15-7-11(3)12(4)8-15/h10-14,16H,5-9H2,1-4H3. The Morgan fingerprint density at radius 2 is 1.75 bits per heavy atom. The van der Waals surface area contributed by atoms with Crippen LogP contribution in [0.25, 0.3) is 0 Å². The average Bonchev–Trinajstić information content (AvgIpc) is 2.44. The smallest absolute Gasteiger partial charge is 0.0791 e. The number of aliphatic hydroxyl groups is 1. The summed E-state index contributed by atoms with van der Waals surface area (Å²) in [5.74, 6) is 2.20. The van der Waals surface area contributed by atoms with E-state index in [4.69, 9.17) is 0 Å². The summed E-state index contributed by atoms with van der Waals surface area (Å²) < 4.78 is 0. The van der Waals surface area contributed by atoms with Crippen LogP contribution in [0, 0.1) is 17.8 Å². The van der Waals surface area contributed by atoms with E-state index in [1.807, 2.05) is 0 Å². The highest BCUT2D eigenvalue weighted by Gasteiger charge is 2.26. The lowest BCUT2D eigenvalue weighted by molar-refractivity contribution is 0.120. The average molecular weight is 228 g/mol. The van der Waals surface area contributed by atoms with Gasteiger partial charge in [-0.05, 0) is 24.3 Å². The van der Waals surface area contributed by atoms with Gasteiger partial charge in [-0.2, -0.15) is 0 Å². The molecule has 96 valence electrons. The molecule has 3 nitrogen and oxygen atoms in total. The van der Waals surface area contributed by atoms with Crippen molar-refractivity contribution in [2.24, 2.45) is 17.8 Å². The maximum atomic E-state index is 9.89. The monoisotopic (exact) mass is 228 g/mol. The third-order valence-electron chi connectivity index (χ3n) is 3.47. The van der Waals surface area contributed by atoms with Crippen molar-refractivity contribution in [3.05, 3.63) is 0 Å². The molecule has 0 aliphatic carbocycles. The van der Waals surface area contributed by atoms with Crippen molar-refractivity contribution in [3.8, 4) is 0 Å². The van der Waals surface area contributed by atoms with Gasteiger partial charge < -0.3 is 15.3 Å². The van der Waals surface area contributed by atoms with Gasteiger partial charge in [-0.15, -0.1) is 0 Å². The zero-order chi connectivity index (χ0) is 12.1. The van der Waals surface area contributed by atoms with Gasteiger partial charge in [0.15, 0.2) is 0 Å². The minimum Gasteiger partial charge on any atom is -0.390 e. The second-order valence-corrected chi connectivity index (χ2v) is 5.88. The minimum absolute atomic E-state index is 0.226. The van der Waals surface area contributed by atoms with Gasteiger partial charge in [-0.25, -0.2) is 0 Å². The fraction of sp³-hybridized carbons (Fsp3) is 1.00. The molecule has 3 atom stereocenters. The molecular weight excluding hydrogens is 200 g/mol. The van der Waals surface area contributed by atoms with E-state index in [9.17, 15) is 5.11 Å². The Hall–Kier alpha value is -0.120. The Kier molecular flexibility index (Phi) is 5.73. The van der Waals surface area contributed by atoms with Crippen LogP contribution in [0.1, 0.15) is 27.7 Å². The summed E-state index contributed by atoms with van der Waals surface area (Å²) in [6.45, 7) is 13.8. The van der Waals surface area contributed by atoms with E-state index in [2.05, 4.69) is 37.9 Å². The van der Waals surface area contributed by atoms with Crippen molar-refractivity contribution in [2.75, 3.05) is 32.7 Å². The van der Waals surface area contributed by atoms with E-state index in [0.717, 1.165) is 44.6 Å². The number of hydrogen-bond acceptors (Lipinski definition) is 3. The van der Waals surface area contributed by atoms with Gasteiger partial charge in [0.05, 0.1) is 6.10 Å². The van der Waals surface area contributed by atoms with Gasteiger partial charge in [0.2, 0.25) is 0 Å². The summed E-state index contributed by atoms with van der Waals surface area (Å²) in [6.07, 6.45) is -0.226. The molecule has 0 spiro atoms. The van der Waals surface area contributed by atoms with Gasteiger partial charge in [-0.3, -0.25) is 0 Å². The van der Waals surface area contributed by atoms with Crippen molar-refractivity contribution in [3.63, 3.8) is 0 Å². The number of rotatable bonds is 6. The molecule has 0 aromatic heterocycles. The predicted octanol–water partition coefficient (Wildman–Crippen LogP) is 1.18. The van der Waals surface area contributed by atoms with E-state index in [1.165, 1.54) is 0 Å². The number of nitrogens with one attached hydrogen (secondary N) is 1. The Balaban J connectivity index is 2.12. The van der Waals surface area contributed by atoms with Crippen molar-refractivity contribution in [1.29, 1.82) is 0 Å². The zero-order valence-electron chi connectivity index (χ0n) is 11.2. The minimum atomic E-state index is -0.226. The maximum absolute atomic E-state index is 9.89. The normalized spacial score (nSPS) is 28.9. The topological polar surface area (TPSA) is 35.5 Å². The van der Waals surface area contributed by atoms with Crippen LogP contribution in [-0.2, 0) is 0 Å². The molecule has 0 radical (unpaired) electrons. The number of likely N-dealkylation sites (tertiary alicyclic amines) is 1. The molecule has 16 heavy (non-hydrogen) atoms. The van der Waals surface area contributed by atoms with Crippen LogP contribution < -0.4 is 5.32 Å². The molecule has 3 unspecified atom stereocenters. The summed E-state index contributed by atoms with van der Waals surface area (Å²) >= 11 is 0. The number of β-amino-alcohol motifs (C(OH)–C–C–N with tert-alkyl or cyclic N) is 1. The number of aliphatic hydroxyl groups excluding tert-OH is 1. The highest BCUT2D eigenvalue weighted by Crippen LogP contribution is 2.21. The first-order valence-electron chi connectivity index (χ1n) is 6.60. The molecule has 1 heterocycles. The van der Waals surface area contributed by atoms with Gasteiger partial charge >= 0.3 is 0 Å². The number of nitrogens with zero attached hydrogens (tertiary/aromatic N) is 1. The van der Waals surface area contributed by atoms with Gasteiger partial charge in [0, 0.05) is 26.2 Å². The van der Waals surface area contributed by atoms with Crippen molar-refractivity contribution >= 4 is 0 Å². The quantitative estimate of drug-likeness (QED) is 0.716. The van der Waals surface area contributed by atoms with Crippen LogP contribution in [0.15, 0.2) is 0 Å². The molecule has 0 saturated carbocycles. The molecule has 0 amide bonds. The van der Waals surface area contributed by atoms with Gasteiger partial charge in [-0.1, -0.05) is 27.7 Å². The molecule has 1 rings (SSSR count). The fourth-order valence-electron chi connectivity index (χ4n) is 2.30. The van der Waals surface area contributed by atoms with Crippen molar-refractivity contribution in [1.82, 2.24) is 10.2 Å². The molecule has 1 aliphatic rings. The first-order chi connectivity index (χ1) is 7.49. The van der Waals surface area contributed by atoms with E-state index >= 15 is 0 Å². The van der Waals surface area contributed by atoms with Crippen molar-refractivity contribution in [2.45, 2.75) is 33.8 Å². The Bertz CT molecular complexity index is 186. The molecule has 1 fully saturated rings. The van der Waals surface area contributed by atoms with Gasteiger partial charge in [0.25, 0.3) is 0 Å². The van der Waals surface area contributed by atoms with Crippen LogP contribution in [0.5, 0.6) is 0 Å². The summed E-state index contributed by atoms with van der Waals surface area (Å²) in [4.78, 5) is 2.39. The van der Waals surface area contributed by atoms with Crippen LogP contribution in [0.3, 0.4) is 0 Å². The Morgan fingerprint density at radius 1 is 1.19 bits per heavy atom. The highest BCUT2D eigenvalue weighted by atomic mass is 16.3. The van der Waals surface area contributed by atoms with Crippen LogP contribution >= 0.6 is 0 Å². The molecule has 1 saturated heterocycles. The summed E-state index contributed by atoms with van der Waals surface area (Å²) in [5.41, 5.74) is 0.